The van der Waals surface area contributed by atoms with Gasteiger partial charge in [0.25, 0.3) is 0 Å². The van der Waals surface area contributed by atoms with Crippen molar-refractivity contribution in [3.05, 3.63) is 40.6 Å². The first kappa shape index (κ1) is 29.8. The van der Waals surface area contributed by atoms with Gasteiger partial charge >= 0.3 is 0 Å². The van der Waals surface area contributed by atoms with Crippen LogP contribution in [-0.2, 0) is 9.47 Å². The number of benzene rings is 2. The van der Waals surface area contributed by atoms with Crippen molar-refractivity contribution in [1.29, 1.82) is 0 Å². The summed E-state index contributed by atoms with van der Waals surface area (Å²) in [6.45, 7) is -1.32. The van der Waals surface area contributed by atoms with Gasteiger partial charge in [-0.15, -0.1) is 0 Å². The molecule has 228 valence electrons. The maximum Gasteiger partial charge on any atom is 0.229 e. The van der Waals surface area contributed by atoms with Crippen LogP contribution in [0.2, 0.25) is 0 Å². The van der Waals surface area contributed by atoms with Gasteiger partial charge in [0.2, 0.25) is 29.8 Å². The van der Waals surface area contributed by atoms with Crippen LogP contribution in [0, 0.1) is 0 Å². The van der Waals surface area contributed by atoms with Crippen LogP contribution in [0.5, 0.6) is 28.7 Å². The first-order chi connectivity index (χ1) is 19.9. The Labute approximate surface area is 235 Å². The van der Waals surface area contributed by atoms with Crippen molar-refractivity contribution in [2.45, 2.75) is 55.3 Å². The van der Waals surface area contributed by atoms with E-state index in [2.05, 4.69) is 0 Å². The molecule has 3 heterocycles. The zero-order valence-corrected chi connectivity index (χ0v) is 21.4. The van der Waals surface area contributed by atoms with Crippen molar-refractivity contribution in [1.82, 2.24) is 0 Å². The summed E-state index contributed by atoms with van der Waals surface area (Å²) < 4.78 is 27.3. The summed E-state index contributed by atoms with van der Waals surface area (Å²) in [5.41, 5.74) is -1.20. The van der Waals surface area contributed by atoms with Gasteiger partial charge in [0.1, 0.15) is 59.6 Å². The SMILES string of the molecule is O=c1cc(-c2ccc(O)cc2)oc2c(O[C@@H]3OC[C@H](O)[C@@H](O)[C@H]3O)c(O)c(O[C@@H]3O[C@H](CO)[C@@H](O)[C@H](O)[C@H]3O)c(O)c12. The highest BCUT2D eigenvalue weighted by atomic mass is 16.7. The van der Waals surface area contributed by atoms with Gasteiger partial charge in [-0.05, 0) is 24.3 Å². The number of aliphatic hydroxyl groups is 7. The average Bonchev–Trinajstić information content (AvgIpc) is 2.97. The van der Waals surface area contributed by atoms with E-state index in [1.165, 1.54) is 24.3 Å². The van der Waals surface area contributed by atoms with Gasteiger partial charge in [0.15, 0.2) is 16.8 Å². The summed E-state index contributed by atoms with van der Waals surface area (Å²) in [5.74, 6) is -4.00. The molecule has 0 saturated carbocycles. The van der Waals surface area contributed by atoms with Crippen LogP contribution < -0.4 is 14.9 Å². The third-order valence-electron chi connectivity index (χ3n) is 6.96. The summed E-state index contributed by atoms with van der Waals surface area (Å²) in [7, 11) is 0. The molecule has 0 aliphatic carbocycles. The van der Waals surface area contributed by atoms with Crippen molar-refractivity contribution in [2.24, 2.45) is 0 Å². The maximum atomic E-state index is 13.3. The lowest BCUT2D eigenvalue weighted by atomic mass is 9.99. The lowest BCUT2D eigenvalue weighted by Crippen LogP contribution is -2.60. The van der Waals surface area contributed by atoms with E-state index < -0.39 is 108 Å². The van der Waals surface area contributed by atoms with Crippen LogP contribution in [0.15, 0.2) is 39.5 Å². The molecule has 0 radical (unpaired) electrons. The van der Waals surface area contributed by atoms with Crippen molar-refractivity contribution >= 4 is 11.0 Å². The van der Waals surface area contributed by atoms with Gasteiger partial charge in [-0.25, -0.2) is 0 Å². The molecule has 9 atom stereocenters. The van der Waals surface area contributed by atoms with Gasteiger partial charge in [-0.2, -0.15) is 0 Å². The summed E-state index contributed by atoms with van der Waals surface area (Å²) in [4.78, 5) is 13.3. The number of hydrogen-bond donors (Lipinski definition) is 10. The number of aromatic hydroxyl groups is 3. The molecule has 2 aliphatic heterocycles. The molecule has 3 aromatic rings. The molecule has 10 N–H and O–H groups in total. The Morgan fingerprint density at radius 1 is 0.786 bits per heavy atom. The van der Waals surface area contributed by atoms with Crippen LogP contribution in [0.4, 0.5) is 0 Å². The Balaban J connectivity index is 1.66. The predicted octanol–water partition coefficient (Wildman–Crippen LogP) is -2.43. The zero-order chi connectivity index (χ0) is 30.5. The lowest BCUT2D eigenvalue weighted by Gasteiger charge is -2.39. The lowest BCUT2D eigenvalue weighted by molar-refractivity contribution is -0.277. The Morgan fingerprint density at radius 2 is 1.43 bits per heavy atom. The molecule has 16 heteroatoms. The van der Waals surface area contributed by atoms with E-state index in [-0.39, 0.29) is 17.1 Å². The van der Waals surface area contributed by atoms with Crippen LogP contribution in [0.3, 0.4) is 0 Å². The largest absolute Gasteiger partial charge is 0.508 e. The molecule has 42 heavy (non-hydrogen) atoms. The van der Waals surface area contributed by atoms with E-state index in [4.69, 9.17) is 23.4 Å². The molecule has 16 nitrogen and oxygen atoms in total. The topological polar surface area (TPSA) is 269 Å². The Morgan fingerprint density at radius 3 is 2.10 bits per heavy atom. The van der Waals surface area contributed by atoms with E-state index in [1.54, 1.807) is 0 Å². The third-order valence-corrected chi connectivity index (χ3v) is 6.96. The molecule has 0 bridgehead atoms. The molecule has 0 amide bonds. The predicted molar refractivity (Wildman–Crippen MR) is 136 cm³/mol. The highest BCUT2D eigenvalue weighted by molar-refractivity contribution is 5.95. The van der Waals surface area contributed by atoms with Crippen LogP contribution in [0.25, 0.3) is 22.3 Å². The summed E-state index contributed by atoms with van der Waals surface area (Å²) in [6.07, 6.45) is -15.8. The minimum atomic E-state index is -1.98. The van der Waals surface area contributed by atoms with Gasteiger partial charge < -0.3 is 74.4 Å². The Kier molecular flexibility index (Phi) is 8.17. The van der Waals surface area contributed by atoms with Crippen LogP contribution in [-0.4, -0.2) is 120 Å². The van der Waals surface area contributed by atoms with E-state index in [0.29, 0.717) is 0 Å². The van der Waals surface area contributed by atoms with E-state index in [1.807, 2.05) is 0 Å². The van der Waals surface area contributed by atoms with Crippen molar-refractivity contribution in [2.75, 3.05) is 13.2 Å². The normalized spacial score (nSPS) is 31.6. The van der Waals surface area contributed by atoms with Crippen LogP contribution in [0.1, 0.15) is 0 Å². The summed E-state index contributed by atoms with van der Waals surface area (Å²) in [5, 5.41) is 102. The minimum Gasteiger partial charge on any atom is -0.508 e. The van der Waals surface area contributed by atoms with Crippen molar-refractivity contribution < 1.29 is 74.4 Å². The van der Waals surface area contributed by atoms with Crippen molar-refractivity contribution in [3.63, 3.8) is 0 Å². The molecular formula is C26H28O16. The fourth-order valence-electron chi connectivity index (χ4n) is 4.58. The first-order valence-corrected chi connectivity index (χ1v) is 12.6. The standard InChI is InChI=1S/C26H28O16/c27-6-13-16(32)18(34)20(36)26(40-13)41-23-17(33)14-10(29)5-12(8-1-3-9(28)4-2-8)39-22(14)24(21(23)37)42-25-19(35)15(31)11(30)7-38-25/h1-5,11,13,15-16,18-20,25-28,30-37H,6-7H2/t11-,13+,15+,16+,18-,19+,20+,25-,26-/m0/s1. The second-order valence-electron chi connectivity index (χ2n) is 9.76. The quantitative estimate of drug-likeness (QED) is 0.142. The molecular weight excluding hydrogens is 568 g/mol. The molecule has 2 aliphatic rings. The van der Waals surface area contributed by atoms with Crippen molar-refractivity contribution in [3.8, 4) is 40.1 Å². The fraction of sp³-hybridized carbons (Fsp3) is 0.423. The smallest absolute Gasteiger partial charge is 0.229 e. The Bertz CT molecular complexity index is 1490. The number of rotatable bonds is 6. The number of phenolic OH excluding ortho intramolecular Hbond substituents is 3. The number of phenols is 3. The fourth-order valence-corrected chi connectivity index (χ4v) is 4.58. The number of hydrogen-bond acceptors (Lipinski definition) is 16. The third kappa shape index (κ3) is 5.19. The van der Waals surface area contributed by atoms with Gasteiger partial charge in [0, 0.05) is 11.6 Å². The second-order valence-corrected chi connectivity index (χ2v) is 9.76. The number of ether oxygens (including phenoxy) is 4. The summed E-state index contributed by atoms with van der Waals surface area (Å²) in [6, 6.07) is 6.40. The monoisotopic (exact) mass is 596 g/mol. The zero-order valence-electron chi connectivity index (χ0n) is 21.4. The summed E-state index contributed by atoms with van der Waals surface area (Å²) >= 11 is 0. The highest BCUT2D eigenvalue weighted by Crippen LogP contribution is 2.51. The molecule has 0 spiro atoms. The number of aliphatic hydroxyl groups excluding tert-OH is 7. The van der Waals surface area contributed by atoms with E-state index in [0.717, 1.165) is 6.07 Å². The molecule has 5 rings (SSSR count). The molecule has 0 unspecified atom stereocenters. The molecule has 2 saturated heterocycles. The molecule has 2 fully saturated rings. The average molecular weight is 596 g/mol. The minimum absolute atomic E-state index is 0.0830. The van der Waals surface area contributed by atoms with E-state index >= 15 is 0 Å². The van der Waals surface area contributed by atoms with E-state index in [9.17, 15) is 55.9 Å². The second kappa shape index (κ2) is 11.5. The van der Waals surface area contributed by atoms with Crippen LogP contribution >= 0.6 is 0 Å². The maximum absolute atomic E-state index is 13.3. The highest BCUT2D eigenvalue weighted by Gasteiger charge is 2.46. The molecule has 2 aromatic carbocycles. The number of fused-ring (bicyclic) bond motifs is 1. The van der Waals surface area contributed by atoms with Gasteiger partial charge in [-0.1, -0.05) is 0 Å². The first-order valence-electron chi connectivity index (χ1n) is 12.6. The Hall–Kier alpha value is -3.71. The molecule has 1 aromatic heterocycles. The van der Waals surface area contributed by atoms with Gasteiger partial charge in [-0.3, -0.25) is 4.79 Å². The van der Waals surface area contributed by atoms with Gasteiger partial charge in [0.05, 0.1) is 13.2 Å².